The molecule has 0 saturated heterocycles. The number of hydrogen-bond donors (Lipinski definition) is 2. The third kappa shape index (κ3) is 0.829. The number of imidazole rings is 1. The van der Waals surface area contributed by atoms with Crippen LogP contribution in [0, 0.1) is 0 Å². The van der Waals surface area contributed by atoms with Crippen molar-refractivity contribution in [2.45, 2.75) is 0 Å². The van der Waals surface area contributed by atoms with Gasteiger partial charge in [0, 0.05) is 0 Å². The highest BCUT2D eigenvalue weighted by Gasteiger charge is 2.02. The Morgan fingerprint density at radius 3 is 3.18 bits per heavy atom. The smallest absolute Gasteiger partial charge is 0.302 e. The van der Waals surface area contributed by atoms with Gasteiger partial charge in [-0.15, -0.1) is 0 Å². The molecule has 56 valence electrons. The molecule has 0 spiro atoms. The van der Waals surface area contributed by atoms with Crippen LogP contribution < -0.4 is 5.69 Å². The molecule has 11 heavy (non-hydrogen) atoms. The highest BCUT2D eigenvalue weighted by molar-refractivity contribution is 7.78. The van der Waals surface area contributed by atoms with Crippen molar-refractivity contribution in [3.8, 4) is 0 Å². The van der Waals surface area contributed by atoms with Gasteiger partial charge in [0.05, 0.1) is 6.20 Å². The fraction of sp³-hybridized carbons (Fsp3) is 0. The minimum Gasteiger partial charge on any atom is -0.302 e. The van der Waals surface area contributed by atoms with Gasteiger partial charge in [0.25, 0.3) is 0 Å². The van der Waals surface area contributed by atoms with Crippen LogP contribution in [0.1, 0.15) is 0 Å². The highest BCUT2D eigenvalue weighted by atomic mass is 32.1. The first-order valence-electron chi connectivity index (χ1n) is 2.89. The van der Waals surface area contributed by atoms with E-state index in [2.05, 4.69) is 27.8 Å². The Kier molecular flexibility index (Phi) is 1.22. The van der Waals surface area contributed by atoms with Crippen molar-refractivity contribution in [1.29, 1.82) is 0 Å². The third-order valence-electron chi connectivity index (χ3n) is 1.33. The van der Waals surface area contributed by atoms with Crippen molar-refractivity contribution in [3.05, 3.63) is 23.0 Å². The van der Waals surface area contributed by atoms with E-state index >= 15 is 0 Å². The van der Waals surface area contributed by atoms with Crippen LogP contribution in [-0.2, 0) is 0 Å². The van der Waals surface area contributed by atoms with Crippen molar-refractivity contribution in [1.82, 2.24) is 18.9 Å². The van der Waals surface area contributed by atoms with Gasteiger partial charge in [-0.05, 0) is 0 Å². The average Bonchev–Trinajstić information content (AvgIpc) is 2.30. The number of aromatic amines is 1. The molecule has 2 rings (SSSR count). The number of hydrogen-bond acceptors (Lipinski definition) is 4. The maximum atomic E-state index is 10.9. The molecular weight excluding hydrogens is 164 g/mol. The number of nitrogens with zero attached hydrogens (tertiary/aromatic N) is 3. The molecule has 0 aliphatic heterocycles. The molecule has 0 unspecified atom stereocenters. The van der Waals surface area contributed by atoms with Gasteiger partial charge in [0.15, 0.2) is 5.65 Å². The van der Waals surface area contributed by atoms with Crippen LogP contribution in [-0.4, -0.2) is 18.9 Å². The molecule has 0 saturated carbocycles. The van der Waals surface area contributed by atoms with Gasteiger partial charge < -0.3 is 4.98 Å². The van der Waals surface area contributed by atoms with E-state index in [-0.39, 0.29) is 5.69 Å². The van der Waals surface area contributed by atoms with Gasteiger partial charge in [-0.2, -0.15) is 0 Å². The standard InChI is InChI=1S/C5H4N4OS/c10-5-8-3-1-6-2-7-4(3)9(5)11/h1-2,11H,(H,8,10). The second-order valence-corrected chi connectivity index (χ2v) is 2.40. The lowest BCUT2D eigenvalue weighted by Crippen LogP contribution is -2.07. The predicted molar refractivity (Wildman–Crippen MR) is 42.5 cm³/mol. The molecule has 1 N–H and O–H groups in total. The second-order valence-electron chi connectivity index (χ2n) is 2.00. The largest absolute Gasteiger partial charge is 0.337 e. The van der Waals surface area contributed by atoms with Gasteiger partial charge in [-0.25, -0.2) is 18.7 Å². The SMILES string of the molecule is O=c1[nH]c2cncnc2n1S. The van der Waals surface area contributed by atoms with E-state index in [1.807, 2.05) is 0 Å². The third-order valence-corrected chi connectivity index (χ3v) is 1.70. The van der Waals surface area contributed by atoms with Gasteiger partial charge in [-0.1, -0.05) is 12.8 Å². The zero-order valence-corrected chi connectivity index (χ0v) is 6.25. The molecule has 0 radical (unpaired) electrons. The quantitative estimate of drug-likeness (QED) is 0.536. The van der Waals surface area contributed by atoms with E-state index in [0.29, 0.717) is 11.2 Å². The van der Waals surface area contributed by atoms with Crippen molar-refractivity contribution < 1.29 is 0 Å². The van der Waals surface area contributed by atoms with E-state index in [4.69, 9.17) is 0 Å². The normalized spacial score (nSPS) is 10.6. The Morgan fingerprint density at radius 1 is 1.64 bits per heavy atom. The Labute approximate surface area is 66.6 Å². The van der Waals surface area contributed by atoms with E-state index in [1.54, 1.807) is 0 Å². The van der Waals surface area contributed by atoms with Crippen LogP contribution in [0.15, 0.2) is 17.3 Å². The summed E-state index contributed by atoms with van der Waals surface area (Å²) < 4.78 is 1.14. The first kappa shape index (κ1) is 6.41. The van der Waals surface area contributed by atoms with Crippen LogP contribution in [0.3, 0.4) is 0 Å². The van der Waals surface area contributed by atoms with Gasteiger partial charge in [0.1, 0.15) is 11.8 Å². The van der Waals surface area contributed by atoms with E-state index in [1.165, 1.54) is 12.5 Å². The van der Waals surface area contributed by atoms with Crippen molar-refractivity contribution in [2.75, 3.05) is 0 Å². The van der Waals surface area contributed by atoms with Gasteiger partial charge in [0.2, 0.25) is 0 Å². The molecule has 2 aromatic heterocycles. The van der Waals surface area contributed by atoms with Crippen LogP contribution in [0.2, 0.25) is 0 Å². The van der Waals surface area contributed by atoms with E-state index < -0.39 is 0 Å². The number of nitrogens with one attached hydrogen (secondary N) is 1. The molecule has 6 heteroatoms. The lowest BCUT2D eigenvalue weighted by atomic mass is 10.6. The molecule has 0 aliphatic rings. The summed E-state index contributed by atoms with van der Waals surface area (Å²) >= 11 is 3.90. The molecule has 0 atom stereocenters. The molecule has 2 heterocycles. The zero-order valence-electron chi connectivity index (χ0n) is 5.35. The first-order chi connectivity index (χ1) is 5.29. The van der Waals surface area contributed by atoms with Crippen LogP contribution >= 0.6 is 12.8 Å². The fourth-order valence-corrected chi connectivity index (χ4v) is 1.05. The second kappa shape index (κ2) is 2.09. The summed E-state index contributed by atoms with van der Waals surface area (Å²) in [5, 5.41) is 0. The summed E-state index contributed by atoms with van der Waals surface area (Å²) in [6.45, 7) is 0. The monoisotopic (exact) mass is 168 g/mol. The molecule has 0 aromatic carbocycles. The van der Waals surface area contributed by atoms with Crippen molar-refractivity contribution >= 4 is 24.0 Å². The lowest BCUT2D eigenvalue weighted by molar-refractivity contribution is 1.13. The highest BCUT2D eigenvalue weighted by Crippen LogP contribution is 2.03. The Balaban J connectivity index is 3.04. The molecule has 5 nitrogen and oxygen atoms in total. The molecule has 0 fully saturated rings. The Hall–Kier alpha value is -1.30. The number of rotatable bonds is 0. The number of thiol groups is 1. The summed E-state index contributed by atoms with van der Waals surface area (Å²) in [7, 11) is 0. The van der Waals surface area contributed by atoms with Crippen LogP contribution in [0.25, 0.3) is 11.2 Å². The molecule has 2 aromatic rings. The Bertz CT molecular complexity index is 445. The maximum absolute atomic E-state index is 10.9. The summed E-state index contributed by atoms with van der Waals surface area (Å²) in [6, 6.07) is 0. The van der Waals surface area contributed by atoms with Crippen molar-refractivity contribution in [2.24, 2.45) is 0 Å². The number of aromatic nitrogens is 4. The minimum atomic E-state index is -0.302. The summed E-state index contributed by atoms with van der Waals surface area (Å²) in [5.41, 5.74) is 0.782. The molecule has 0 aliphatic carbocycles. The zero-order chi connectivity index (χ0) is 7.84. The molecular formula is C5H4N4OS. The number of fused-ring (bicyclic) bond motifs is 1. The van der Waals surface area contributed by atoms with Gasteiger partial charge >= 0.3 is 5.69 Å². The topological polar surface area (TPSA) is 63.6 Å². The number of H-pyrrole nitrogens is 1. The predicted octanol–water partition coefficient (Wildman–Crippen LogP) is -0.188. The van der Waals surface area contributed by atoms with Crippen LogP contribution in [0.5, 0.6) is 0 Å². The van der Waals surface area contributed by atoms with Crippen LogP contribution in [0.4, 0.5) is 0 Å². The molecule has 0 amide bonds. The fourth-order valence-electron chi connectivity index (χ4n) is 0.844. The average molecular weight is 168 g/mol. The van der Waals surface area contributed by atoms with Crippen molar-refractivity contribution in [3.63, 3.8) is 0 Å². The first-order valence-corrected chi connectivity index (χ1v) is 3.29. The summed E-state index contributed by atoms with van der Waals surface area (Å²) in [4.78, 5) is 21.0. The lowest BCUT2D eigenvalue weighted by Gasteiger charge is -1.86. The maximum Gasteiger partial charge on any atom is 0.337 e. The summed E-state index contributed by atoms with van der Waals surface area (Å²) in [5.74, 6) is 0. The minimum absolute atomic E-state index is 0.302. The Morgan fingerprint density at radius 2 is 2.45 bits per heavy atom. The summed E-state index contributed by atoms with van der Waals surface area (Å²) in [6.07, 6.45) is 2.89. The van der Waals surface area contributed by atoms with E-state index in [0.717, 1.165) is 3.97 Å². The van der Waals surface area contributed by atoms with Gasteiger partial charge in [-0.3, -0.25) is 0 Å². The van der Waals surface area contributed by atoms with E-state index in [9.17, 15) is 4.79 Å². The molecule has 0 bridgehead atoms.